The Balaban J connectivity index is 1.79. The molecule has 3 rings (SSSR count). The summed E-state index contributed by atoms with van der Waals surface area (Å²) in [6.45, 7) is 0. The van der Waals surface area contributed by atoms with Gasteiger partial charge < -0.3 is 0 Å². The molecule has 0 N–H and O–H groups in total. The number of fused-ring (bicyclic) bond motifs is 1. The zero-order valence-electron chi connectivity index (χ0n) is 10.7. The van der Waals surface area contributed by atoms with Crippen molar-refractivity contribution < 1.29 is 0 Å². The van der Waals surface area contributed by atoms with E-state index in [4.69, 9.17) is 0 Å². The van der Waals surface area contributed by atoms with Crippen molar-refractivity contribution in [2.45, 2.75) is 24.1 Å². The maximum Gasteiger partial charge on any atom is 0.0429 e. The monoisotopic (exact) mass is 378 g/mol. The zero-order chi connectivity index (χ0) is 13.2. The molecule has 2 atom stereocenters. The first-order chi connectivity index (χ1) is 9.24. The third kappa shape index (κ3) is 2.95. The van der Waals surface area contributed by atoms with Crippen LogP contribution in [0.25, 0.3) is 0 Å². The van der Waals surface area contributed by atoms with E-state index in [0.29, 0.717) is 10.7 Å². The van der Waals surface area contributed by atoms with Gasteiger partial charge in [-0.15, -0.1) is 0 Å². The molecule has 0 fully saturated rings. The Hall–Kier alpha value is -0.600. The van der Waals surface area contributed by atoms with E-state index in [1.807, 2.05) is 0 Å². The van der Waals surface area contributed by atoms with E-state index in [1.54, 1.807) is 0 Å². The summed E-state index contributed by atoms with van der Waals surface area (Å²) in [6.07, 6.45) is 3.62. The topological polar surface area (TPSA) is 0 Å². The predicted molar refractivity (Wildman–Crippen MR) is 87.8 cm³/mol. The van der Waals surface area contributed by atoms with Gasteiger partial charge in [-0.25, -0.2) is 0 Å². The Kier molecular flexibility index (Phi) is 4.09. The van der Waals surface area contributed by atoms with Crippen molar-refractivity contribution in [3.8, 4) is 0 Å². The van der Waals surface area contributed by atoms with Gasteiger partial charge in [-0.3, -0.25) is 0 Å². The molecular weight excluding hydrogens is 364 g/mol. The molecule has 1 aliphatic rings. The van der Waals surface area contributed by atoms with Gasteiger partial charge in [0.05, 0.1) is 0 Å². The fourth-order valence-corrected chi connectivity index (χ4v) is 4.06. The quantitative estimate of drug-likeness (QED) is 0.588. The summed E-state index contributed by atoms with van der Waals surface area (Å²) in [5.74, 6) is 0.691. The molecule has 0 heterocycles. The summed E-state index contributed by atoms with van der Waals surface area (Å²) in [7, 11) is 0. The summed E-state index contributed by atoms with van der Waals surface area (Å²) in [5, 5.41) is 0. The third-order valence-corrected chi connectivity index (χ3v) is 5.73. The van der Waals surface area contributed by atoms with Crippen LogP contribution in [0.4, 0.5) is 0 Å². The van der Waals surface area contributed by atoms with Crippen molar-refractivity contribution in [3.63, 3.8) is 0 Å². The number of hydrogen-bond donors (Lipinski definition) is 0. The summed E-state index contributed by atoms with van der Waals surface area (Å²) in [4.78, 5) is 0.487. The second kappa shape index (κ2) is 5.80. The van der Waals surface area contributed by atoms with Crippen molar-refractivity contribution in [1.82, 2.24) is 0 Å². The van der Waals surface area contributed by atoms with Gasteiger partial charge in [0, 0.05) is 9.30 Å². The molecule has 0 amide bonds. The minimum Gasteiger partial charge on any atom is -0.0836 e. The maximum atomic E-state index is 3.92. The molecule has 0 saturated carbocycles. The van der Waals surface area contributed by atoms with Crippen molar-refractivity contribution in [2.75, 3.05) is 0 Å². The zero-order valence-corrected chi connectivity index (χ0v) is 13.8. The first-order valence-electron chi connectivity index (χ1n) is 6.70. The average molecular weight is 380 g/mol. The van der Waals surface area contributed by atoms with Crippen LogP contribution < -0.4 is 0 Å². The molecule has 98 valence electrons. The van der Waals surface area contributed by atoms with E-state index < -0.39 is 0 Å². The first kappa shape index (κ1) is 13.4. The van der Waals surface area contributed by atoms with Crippen LogP contribution in [0.3, 0.4) is 0 Å². The molecule has 1 aliphatic carbocycles. The van der Waals surface area contributed by atoms with Crippen LogP contribution in [0.1, 0.15) is 27.9 Å². The minimum absolute atomic E-state index is 0.487. The number of alkyl halides is 1. The molecule has 2 heteroatoms. The van der Waals surface area contributed by atoms with Crippen LogP contribution in [0.5, 0.6) is 0 Å². The van der Waals surface area contributed by atoms with Crippen LogP contribution in [-0.4, -0.2) is 0 Å². The number of hydrogen-bond acceptors (Lipinski definition) is 0. The number of rotatable bonds is 2. The van der Waals surface area contributed by atoms with Crippen molar-refractivity contribution in [3.05, 3.63) is 69.7 Å². The summed E-state index contributed by atoms with van der Waals surface area (Å²) < 4.78 is 1.15. The molecule has 2 unspecified atom stereocenters. The molecule has 0 saturated heterocycles. The molecule has 0 nitrogen and oxygen atoms in total. The smallest absolute Gasteiger partial charge is 0.0429 e. The van der Waals surface area contributed by atoms with Crippen LogP contribution >= 0.6 is 31.9 Å². The second-order valence-electron chi connectivity index (χ2n) is 5.23. The molecule has 0 spiro atoms. The van der Waals surface area contributed by atoms with Crippen LogP contribution in [0.15, 0.2) is 53.0 Å². The van der Waals surface area contributed by atoms with E-state index in [1.165, 1.54) is 29.5 Å². The first-order valence-corrected chi connectivity index (χ1v) is 8.41. The summed E-state index contributed by atoms with van der Waals surface area (Å²) >= 11 is 7.41. The van der Waals surface area contributed by atoms with Gasteiger partial charge in [0.25, 0.3) is 0 Å². The van der Waals surface area contributed by atoms with Crippen molar-refractivity contribution in [2.24, 2.45) is 5.92 Å². The molecule has 2 aromatic rings. The highest BCUT2D eigenvalue weighted by Gasteiger charge is 2.27. The summed E-state index contributed by atoms with van der Waals surface area (Å²) in [6, 6.07) is 17.5. The lowest BCUT2D eigenvalue weighted by Gasteiger charge is -2.30. The predicted octanol–water partition coefficient (Wildman–Crippen LogP) is 5.69. The van der Waals surface area contributed by atoms with Crippen LogP contribution in [0.2, 0.25) is 0 Å². The van der Waals surface area contributed by atoms with Gasteiger partial charge in [0.1, 0.15) is 0 Å². The third-order valence-electron chi connectivity index (χ3n) is 3.96. The average Bonchev–Trinajstić information content (AvgIpc) is 2.45. The largest absolute Gasteiger partial charge is 0.0836 e. The minimum atomic E-state index is 0.487. The van der Waals surface area contributed by atoms with Crippen LogP contribution in [-0.2, 0) is 12.8 Å². The van der Waals surface area contributed by atoms with Crippen LogP contribution in [0, 0.1) is 5.92 Å². The van der Waals surface area contributed by atoms with Gasteiger partial charge in [0.15, 0.2) is 0 Å². The normalized spacial score (nSPS) is 22.0. The van der Waals surface area contributed by atoms with E-state index in [9.17, 15) is 0 Å². The Morgan fingerprint density at radius 3 is 2.53 bits per heavy atom. The highest BCUT2D eigenvalue weighted by molar-refractivity contribution is 9.10. The number of aryl methyl sites for hydroxylation is 1. The lowest BCUT2D eigenvalue weighted by atomic mass is 9.81. The number of halogens is 2. The Morgan fingerprint density at radius 1 is 1.00 bits per heavy atom. The van der Waals surface area contributed by atoms with Gasteiger partial charge in [-0.2, -0.15) is 0 Å². The SMILES string of the molecule is Brc1ccc(CC2CCc3ccccc3C2Br)cc1. The number of benzene rings is 2. The summed E-state index contributed by atoms with van der Waals surface area (Å²) in [5.41, 5.74) is 4.42. The van der Waals surface area contributed by atoms with Crippen molar-refractivity contribution >= 4 is 31.9 Å². The molecule has 0 bridgehead atoms. The van der Waals surface area contributed by atoms with Gasteiger partial charge in [0.2, 0.25) is 0 Å². The van der Waals surface area contributed by atoms with E-state index in [-0.39, 0.29) is 0 Å². The van der Waals surface area contributed by atoms with Gasteiger partial charge >= 0.3 is 0 Å². The Labute approximate surface area is 131 Å². The lowest BCUT2D eigenvalue weighted by Crippen LogP contribution is -2.18. The standard InChI is InChI=1S/C17H16Br2/c18-15-9-5-12(6-10-15)11-14-8-7-13-3-1-2-4-16(13)17(14)19/h1-6,9-10,14,17H,7-8,11H2. The maximum absolute atomic E-state index is 3.92. The van der Waals surface area contributed by atoms with E-state index >= 15 is 0 Å². The van der Waals surface area contributed by atoms with E-state index in [2.05, 4.69) is 80.4 Å². The second-order valence-corrected chi connectivity index (χ2v) is 7.13. The molecule has 0 radical (unpaired) electrons. The molecule has 19 heavy (non-hydrogen) atoms. The highest BCUT2D eigenvalue weighted by atomic mass is 79.9. The molecule has 0 aromatic heterocycles. The molecule has 2 aromatic carbocycles. The Morgan fingerprint density at radius 2 is 1.74 bits per heavy atom. The Bertz CT molecular complexity index is 560. The van der Waals surface area contributed by atoms with Crippen molar-refractivity contribution in [1.29, 1.82) is 0 Å². The molecular formula is C17H16Br2. The fraction of sp³-hybridized carbons (Fsp3) is 0.294. The van der Waals surface area contributed by atoms with E-state index in [0.717, 1.165) is 10.9 Å². The fourth-order valence-electron chi connectivity index (χ4n) is 2.90. The van der Waals surface area contributed by atoms with Gasteiger partial charge in [-0.1, -0.05) is 68.3 Å². The molecule has 0 aliphatic heterocycles. The highest BCUT2D eigenvalue weighted by Crippen LogP contribution is 2.41. The lowest BCUT2D eigenvalue weighted by molar-refractivity contribution is 0.452. The van der Waals surface area contributed by atoms with Gasteiger partial charge in [-0.05, 0) is 54.0 Å².